The number of carboxylic acids is 1. The van der Waals surface area contributed by atoms with E-state index < -0.39 is 11.6 Å². The number of morpholine rings is 1. The number of ether oxygens (including phenoxy) is 1. The molecule has 1 fully saturated rings. The fraction of sp³-hybridized carbons (Fsp3) is 0.727. The normalized spacial score (nSPS) is 23.6. The van der Waals surface area contributed by atoms with Gasteiger partial charge in [0.25, 0.3) is 5.91 Å². The van der Waals surface area contributed by atoms with Crippen molar-refractivity contribution in [3.63, 3.8) is 0 Å². The van der Waals surface area contributed by atoms with Gasteiger partial charge in [0.05, 0.1) is 19.6 Å². The van der Waals surface area contributed by atoms with Crippen LogP contribution in [0.2, 0.25) is 0 Å². The van der Waals surface area contributed by atoms with Gasteiger partial charge in [-0.25, -0.2) is 0 Å². The summed E-state index contributed by atoms with van der Waals surface area (Å²) in [7, 11) is 1.50. The molecule has 0 unspecified atom stereocenters. The topological polar surface area (TPSA) is 95.9 Å². The number of carboxylic acid groups (broad SMARTS) is 1. The van der Waals surface area contributed by atoms with Gasteiger partial charge in [0, 0.05) is 20.0 Å². The summed E-state index contributed by atoms with van der Waals surface area (Å²) in [6, 6.07) is 0. The van der Waals surface area contributed by atoms with Crippen molar-refractivity contribution in [2.45, 2.75) is 25.4 Å². The van der Waals surface area contributed by atoms with Crippen molar-refractivity contribution in [2.75, 3.05) is 26.7 Å². The summed E-state index contributed by atoms with van der Waals surface area (Å²) in [6.45, 7) is 2.40. The van der Waals surface area contributed by atoms with Gasteiger partial charge in [-0.2, -0.15) is 0 Å². The Morgan fingerprint density at radius 1 is 1.39 bits per heavy atom. The third kappa shape index (κ3) is 3.43. The Morgan fingerprint density at radius 2 is 2.06 bits per heavy atom. The van der Waals surface area contributed by atoms with Gasteiger partial charge in [0.2, 0.25) is 5.91 Å². The number of aliphatic carboxylic acids is 1. The number of hydrogen-bond acceptors (Lipinski definition) is 4. The standard InChI is InChI=1S/C11H18N2O5/c1-11(10(17)12-2)7-13(5-6-18-11)8(14)3-4-9(15)16/h3-7H2,1-2H3,(H,12,17)(H,15,16)/t11-/m0/s1. The molecule has 0 saturated carbocycles. The minimum Gasteiger partial charge on any atom is -0.481 e. The number of nitrogens with one attached hydrogen (secondary N) is 1. The van der Waals surface area contributed by atoms with Crippen molar-refractivity contribution >= 4 is 17.8 Å². The zero-order valence-corrected chi connectivity index (χ0v) is 10.6. The molecule has 0 aliphatic carbocycles. The first kappa shape index (κ1) is 14.4. The minimum atomic E-state index is -1.06. The molecule has 1 saturated heterocycles. The Kier molecular flexibility index (Phi) is 4.66. The second kappa shape index (κ2) is 5.81. The van der Waals surface area contributed by atoms with Crippen LogP contribution >= 0.6 is 0 Å². The van der Waals surface area contributed by atoms with Crippen LogP contribution in [0.15, 0.2) is 0 Å². The van der Waals surface area contributed by atoms with Crippen LogP contribution in [0.3, 0.4) is 0 Å². The molecule has 18 heavy (non-hydrogen) atoms. The van der Waals surface area contributed by atoms with E-state index in [0.717, 1.165) is 0 Å². The summed E-state index contributed by atoms with van der Waals surface area (Å²) in [5.74, 6) is -1.57. The lowest BCUT2D eigenvalue weighted by Gasteiger charge is -2.39. The molecule has 7 nitrogen and oxygen atoms in total. The van der Waals surface area contributed by atoms with Gasteiger partial charge < -0.3 is 20.1 Å². The average molecular weight is 258 g/mol. The number of hydrogen-bond donors (Lipinski definition) is 2. The molecular formula is C11H18N2O5. The summed E-state index contributed by atoms with van der Waals surface area (Å²) < 4.78 is 5.40. The maximum absolute atomic E-state index is 11.8. The van der Waals surface area contributed by atoms with Gasteiger partial charge in [-0.1, -0.05) is 0 Å². The molecule has 2 N–H and O–H groups in total. The number of carbonyl (C=O) groups excluding carboxylic acids is 2. The lowest BCUT2D eigenvalue weighted by Crippen LogP contribution is -2.58. The zero-order valence-electron chi connectivity index (χ0n) is 10.6. The average Bonchev–Trinajstić information content (AvgIpc) is 2.34. The smallest absolute Gasteiger partial charge is 0.303 e. The first-order valence-corrected chi connectivity index (χ1v) is 5.75. The molecule has 0 bridgehead atoms. The molecule has 0 spiro atoms. The summed E-state index contributed by atoms with van der Waals surface area (Å²) in [6.07, 6.45) is -0.258. The number of amides is 2. The van der Waals surface area contributed by atoms with Crippen molar-refractivity contribution in [3.8, 4) is 0 Å². The molecular weight excluding hydrogens is 240 g/mol. The maximum Gasteiger partial charge on any atom is 0.303 e. The van der Waals surface area contributed by atoms with Crippen LogP contribution in [0, 0.1) is 0 Å². The van der Waals surface area contributed by atoms with Crippen LogP contribution in [0.4, 0.5) is 0 Å². The van der Waals surface area contributed by atoms with Crippen LogP contribution < -0.4 is 5.32 Å². The quantitative estimate of drug-likeness (QED) is 0.689. The number of carbonyl (C=O) groups is 3. The predicted octanol–water partition coefficient (Wildman–Crippen LogP) is -0.785. The van der Waals surface area contributed by atoms with E-state index in [2.05, 4.69) is 5.32 Å². The van der Waals surface area contributed by atoms with Crippen LogP contribution in [0.1, 0.15) is 19.8 Å². The highest BCUT2D eigenvalue weighted by atomic mass is 16.5. The molecule has 0 aromatic carbocycles. The van der Waals surface area contributed by atoms with E-state index in [1.165, 1.54) is 11.9 Å². The fourth-order valence-corrected chi connectivity index (χ4v) is 1.86. The fourth-order valence-electron chi connectivity index (χ4n) is 1.86. The Morgan fingerprint density at radius 3 is 2.61 bits per heavy atom. The van der Waals surface area contributed by atoms with Gasteiger partial charge in [0.15, 0.2) is 5.60 Å². The van der Waals surface area contributed by atoms with Crippen LogP contribution in [0.25, 0.3) is 0 Å². The molecule has 1 heterocycles. The van der Waals surface area contributed by atoms with Crippen molar-refractivity contribution < 1.29 is 24.2 Å². The van der Waals surface area contributed by atoms with Crippen LogP contribution in [-0.4, -0.2) is 60.1 Å². The number of nitrogens with zero attached hydrogens (tertiary/aromatic N) is 1. The molecule has 0 aromatic rings. The Bertz CT molecular complexity index is 357. The second-order valence-corrected chi connectivity index (χ2v) is 4.37. The molecule has 1 rings (SSSR count). The van der Waals surface area contributed by atoms with Crippen LogP contribution in [0.5, 0.6) is 0 Å². The summed E-state index contributed by atoms with van der Waals surface area (Å²) >= 11 is 0. The van der Waals surface area contributed by atoms with Gasteiger partial charge in [-0.3, -0.25) is 14.4 Å². The van der Waals surface area contributed by atoms with Crippen molar-refractivity contribution in [2.24, 2.45) is 0 Å². The van der Waals surface area contributed by atoms with E-state index in [-0.39, 0.29) is 37.8 Å². The molecule has 1 aliphatic heterocycles. The molecule has 0 radical (unpaired) electrons. The van der Waals surface area contributed by atoms with E-state index >= 15 is 0 Å². The molecule has 1 aliphatic rings. The van der Waals surface area contributed by atoms with Gasteiger partial charge in [-0.05, 0) is 6.92 Å². The summed E-state index contributed by atoms with van der Waals surface area (Å²) in [5, 5.41) is 11.0. The molecule has 102 valence electrons. The Labute approximate surface area is 105 Å². The first-order valence-electron chi connectivity index (χ1n) is 5.75. The van der Waals surface area contributed by atoms with E-state index in [1.54, 1.807) is 6.92 Å². The third-order valence-electron chi connectivity index (χ3n) is 2.89. The van der Waals surface area contributed by atoms with E-state index in [1.807, 2.05) is 0 Å². The second-order valence-electron chi connectivity index (χ2n) is 4.37. The van der Waals surface area contributed by atoms with Crippen LogP contribution in [-0.2, 0) is 19.1 Å². The van der Waals surface area contributed by atoms with E-state index in [4.69, 9.17) is 9.84 Å². The lowest BCUT2D eigenvalue weighted by atomic mass is 10.0. The van der Waals surface area contributed by atoms with Gasteiger partial charge >= 0.3 is 5.97 Å². The molecule has 1 atom stereocenters. The summed E-state index contributed by atoms with van der Waals surface area (Å²) in [4.78, 5) is 35.3. The predicted molar refractivity (Wildman–Crippen MR) is 61.9 cm³/mol. The first-order chi connectivity index (χ1) is 8.39. The highest BCUT2D eigenvalue weighted by Gasteiger charge is 2.39. The van der Waals surface area contributed by atoms with Gasteiger partial charge in [-0.15, -0.1) is 0 Å². The zero-order chi connectivity index (χ0) is 13.8. The SMILES string of the molecule is CNC(=O)[C@]1(C)CN(C(=O)CCC(=O)O)CCO1. The Balaban J connectivity index is 2.60. The lowest BCUT2D eigenvalue weighted by molar-refractivity contribution is -0.163. The van der Waals surface area contributed by atoms with Crippen molar-refractivity contribution in [1.29, 1.82) is 0 Å². The highest BCUT2D eigenvalue weighted by molar-refractivity contribution is 5.86. The minimum absolute atomic E-state index is 0.0564. The maximum atomic E-state index is 11.8. The molecule has 0 aromatic heterocycles. The molecule has 2 amide bonds. The Hall–Kier alpha value is -1.63. The van der Waals surface area contributed by atoms with E-state index in [9.17, 15) is 14.4 Å². The van der Waals surface area contributed by atoms with Crippen molar-refractivity contribution in [3.05, 3.63) is 0 Å². The number of rotatable bonds is 4. The summed E-state index contributed by atoms with van der Waals surface area (Å²) in [5.41, 5.74) is -1.06. The third-order valence-corrected chi connectivity index (χ3v) is 2.89. The number of likely N-dealkylation sites (N-methyl/N-ethyl adjacent to an activating group) is 1. The van der Waals surface area contributed by atoms with Gasteiger partial charge in [0.1, 0.15) is 0 Å². The molecule has 7 heteroatoms. The largest absolute Gasteiger partial charge is 0.481 e. The highest BCUT2D eigenvalue weighted by Crippen LogP contribution is 2.18. The van der Waals surface area contributed by atoms with E-state index in [0.29, 0.717) is 6.54 Å². The van der Waals surface area contributed by atoms with Crippen molar-refractivity contribution in [1.82, 2.24) is 10.2 Å². The monoisotopic (exact) mass is 258 g/mol.